The number of nitrogens with one attached hydrogen (secondary N) is 1. The van der Waals surface area contributed by atoms with Crippen LogP contribution in [0.4, 0.5) is 4.79 Å². The van der Waals surface area contributed by atoms with Gasteiger partial charge in [-0.05, 0) is 25.2 Å². The van der Waals surface area contributed by atoms with Crippen LogP contribution in [0.2, 0.25) is 0 Å². The fourth-order valence-corrected chi connectivity index (χ4v) is 4.03. The second-order valence-corrected chi connectivity index (χ2v) is 6.53. The molecule has 108 valence electrons. The molecule has 0 bridgehead atoms. The van der Waals surface area contributed by atoms with Crippen molar-refractivity contribution in [3.05, 3.63) is 0 Å². The van der Waals surface area contributed by atoms with E-state index in [2.05, 4.69) is 12.2 Å². The molecule has 0 spiro atoms. The van der Waals surface area contributed by atoms with E-state index in [1.807, 2.05) is 0 Å². The molecule has 2 aliphatic rings. The molecule has 5 nitrogen and oxygen atoms in total. The number of nitrogens with zero attached hydrogens (tertiary/aromatic N) is 1. The van der Waals surface area contributed by atoms with Gasteiger partial charge in [-0.1, -0.05) is 19.8 Å². The van der Waals surface area contributed by atoms with Crippen molar-refractivity contribution in [2.24, 2.45) is 5.92 Å². The van der Waals surface area contributed by atoms with Gasteiger partial charge >= 0.3 is 12.0 Å². The van der Waals surface area contributed by atoms with Crippen molar-refractivity contribution >= 4 is 23.8 Å². The zero-order valence-corrected chi connectivity index (χ0v) is 12.1. The Morgan fingerprint density at radius 1 is 1.42 bits per heavy atom. The fourth-order valence-electron chi connectivity index (χ4n) is 2.52. The lowest BCUT2D eigenvalue weighted by Gasteiger charge is -2.30. The number of amides is 2. The van der Waals surface area contributed by atoms with E-state index in [0.29, 0.717) is 18.2 Å². The number of carbonyl (C=O) groups excluding carboxylic acids is 1. The first-order chi connectivity index (χ1) is 9.13. The maximum absolute atomic E-state index is 12.2. The Morgan fingerprint density at radius 3 is 2.68 bits per heavy atom. The number of carbonyl (C=O) groups is 2. The van der Waals surface area contributed by atoms with Gasteiger partial charge in [0.05, 0.1) is 5.37 Å². The molecule has 1 heterocycles. The van der Waals surface area contributed by atoms with Gasteiger partial charge in [0.1, 0.15) is 6.04 Å². The smallest absolute Gasteiger partial charge is 0.327 e. The molecule has 0 radical (unpaired) electrons. The zero-order chi connectivity index (χ0) is 13.8. The van der Waals surface area contributed by atoms with Gasteiger partial charge in [-0.3, -0.25) is 4.90 Å². The van der Waals surface area contributed by atoms with Crippen LogP contribution in [-0.4, -0.2) is 45.7 Å². The molecule has 0 aromatic heterocycles. The molecule has 1 aliphatic carbocycles. The largest absolute Gasteiger partial charge is 0.480 e. The predicted molar refractivity (Wildman–Crippen MR) is 75.2 cm³/mol. The van der Waals surface area contributed by atoms with Gasteiger partial charge in [0.25, 0.3) is 0 Å². The summed E-state index contributed by atoms with van der Waals surface area (Å²) in [6, 6.07) is -0.884. The van der Waals surface area contributed by atoms with Gasteiger partial charge in [-0.15, -0.1) is 11.8 Å². The van der Waals surface area contributed by atoms with Crippen LogP contribution in [0.15, 0.2) is 0 Å². The van der Waals surface area contributed by atoms with E-state index in [0.717, 1.165) is 12.8 Å². The summed E-state index contributed by atoms with van der Waals surface area (Å²) in [5.41, 5.74) is 0. The van der Waals surface area contributed by atoms with Gasteiger partial charge in [0.15, 0.2) is 0 Å². The quantitative estimate of drug-likeness (QED) is 0.812. The summed E-state index contributed by atoms with van der Waals surface area (Å²) in [7, 11) is 0. The summed E-state index contributed by atoms with van der Waals surface area (Å²) in [4.78, 5) is 25.0. The normalized spacial score (nSPS) is 27.1. The van der Waals surface area contributed by atoms with Crippen molar-refractivity contribution in [1.29, 1.82) is 0 Å². The van der Waals surface area contributed by atoms with Crippen molar-refractivity contribution < 1.29 is 14.7 Å². The lowest BCUT2D eigenvalue weighted by atomic mass is 9.85. The molecule has 2 unspecified atom stereocenters. The first kappa shape index (κ1) is 14.5. The fraction of sp³-hybridized carbons (Fsp3) is 0.846. The van der Waals surface area contributed by atoms with Crippen molar-refractivity contribution in [2.45, 2.75) is 50.4 Å². The SMILES string of the molecule is CCCC1SCC(C(=O)O)N1C(=O)NCC1CCC1. The molecule has 2 amide bonds. The second kappa shape index (κ2) is 6.50. The van der Waals surface area contributed by atoms with Crippen molar-refractivity contribution in [1.82, 2.24) is 10.2 Å². The molecule has 1 saturated carbocycles. The lowest BCUT2D eigenvalue weighted by Crippen LogP contribution is -2.51. The van der Waals surface area contributed by atoms with Crippen LogP contribution in [0.1, 0.15) is 39.0 Å². The average molecular weight is 286 g/mol. The van der Waals surface area contributed by atoms with Crippen LogP contribution in [0.25, 0.3) is 0 Å². The Balaban J connectivity index is 1.93. The number of carboxylic acids is 1. The molecule has 1 saturated heterocycles. The number of rotatable bonds is 5. The van der Waals surface area contributed by atoms with Crippen molar-refractivity contribution in [3.8, 4) is 0 Å². The molecule has 6 heteroatoms. The van der Waals surface area contributed by atoms with Crippen LogP contribution in [-0.2, 0) is 4.79 Å². The summed E-state index contributed by atoms with van der Waals surface area (Å²) in [6.45, 7) is 2.74. The minimum Gasteiger partial charge on any atom is -0.480 e. The molecule has 2 N–H and O–H groups in total. The number of carboxylic acid groups (broad SMARTS) is 1. The number of aliphatic carboxylic acids is 1. The summed E-state index contributed by atoms with van der Waals surface area (Å²) in [5.74, 6) is 0.189. The van der Waals surface area contributed by atoms with Crippen LogP contribution >= 0.6 is 11.8 Å². The minimum atomic E-state index is -0.898. The first-order valence-electron chi connectivity index (χ1n) is 7.04. The highest BCUT2D eigenvalue weighted by Gasteiger charge is 2.41. The monoisotopic (exact) mass is 286 g/mol. The molecule has 2 fully saturated rings. The molecule has 19 heavy (non-hydrogen) atoms. The highest BCUT2D eigenvalue weighted by molar-refractivity contribution is 8.00. The van der Waals surface area contributed by atoms with Gasteiger partial charge in [-0.25, -0.2) is 9.59 Å². The van der Waals surface area contributed by atoms with E-state index in [-0.39, 0.29) is 11.4 Å². The summed E-state index contributed by atoms with van der Waals surface area (Å²) in [6.07, 6.45) is 5.41. The highest BCUT2D eigenvalue weighted by Crippen LogP contribution is 2.32. The number of thioether (sulfide) groups is 1. The lowest BCUT2D eigenvalue weighted by molar-refractivity contribution is -0.141. The topological polar surface area (TPSA) is 69.6 Å². The van der Waals surface area contributed by atoms with E-state index in [4.69, 9.17) is 0 Å². The summed E-state index contributed by atoms with van der Waals surface area (Å²) in [5, 5.41) is 12.1. The highest BCUT2D eigenvalue weighted by atomic mass is 32.2. The summed E-state index contributed by atoms with van der Waals surface area (Å²) < 4.78 is 0. The van der Waals surface area contributed by atoms with Crippen LogP contribution in [0.3, 0.4) is 0 Å². The third kappa shape index (κ3) is 3.35. The molecule has 2 atom stereocenters. The molecule has 0 aromatic carbocycles. The Morgan fingerprint density at radius 2 is 2.16 bits per heavy atom. The third-order valence-corrected chi connectivity index (χ3v) is 5.27. The molecule has 0 aromatic rings. The van der Waals surface area contributed by atoms with Crippen molar-refractivity contribution in [3.63, 3.8) is 0 Å². The third-order valence-electron chi connectivity index (χ3n) is 3.91. The van der Waals surface area contributed by atoms with E-state index >= 15 is 0 Å². The Labute approximate surface area is 118 Å². The number of hydrogen-bond donors (Lipinski definition) is 2. The maximum atomic E-state index is 12.2. The predicted octanol–water partition coefficient (Wildman–Crippen LogP) is 2.12. The molecule has 2 rings (SSSR count). The maximum Gasteiger partial charge on any atom is 0.327 e. The average Bonchev–Trinajstić information content (AvgIpc) is 2.71. The van der Waals surface area contributed by atoms with E-state index in [1.165, 1.54) is 24.2 Å². The Bertz CT molecular complexity index is 347. The van der Waals surface area contributed by atoms with E-state index in [9.17, 15) is 14.7 Å². The minimum absolute atomic E-state index is 0.00694. The van der Waals surface area contributed by atoms with Crippen LogP contribution in [0, 0.1) is 5.92 Å². The van der Waals surface area contributed by atoms with Crippen LogP contribution in [0.5, 0.6) is 0 Å². The van der Waals surface area contributed by atoms with Gasteiger partial charge < -0.3 is 10.4 Å². The van der Waals surface area contributed by atoms with E-state index in [1.54, 1.807) is 11.8 Å². The van der Waals surface area contributed by atoms with E-state index < -0.39 is 12.0 Å². The van der Waals surface area contributed by atoms with Crippen molar-refractivity contribution in [2.75, 3.05) is 12.3 Å². The van der Waals surface area contributed by atoms with Crippen LogP contribution < -0.4 is 5.32 Å². The number of hydrogen-bond acceptors (Lipinski definition) is 3. The first-order valence-corrected chi connectivity index (χ1v) is 8.09. The zero-order valence-electron chi connectivity index (χ0n) is 11.3. The Kier molecular flexibility index (Phi) is 4.96. The van der Waals surface area contributed by atoms with Gasteiger partial charge in [0.2, 0.25) is 0 Å². The number of urea groups is 1. The van der Waals surface area contributed by atoms with Gasteiger partial charge in [0, 0.05) is 12.3 Å². The van der Waals surface area contributed by atoms with Gasteiger partial charge in [-0.2, -0.15) is 0 Å². The molecular formula is C13H22N2O3S. The second-order valence-electron chi connectivity index (χ2n) is 5.32. The summed E-state index contributed by atoms with van der Waals surface area (Å²) >= 11 is 1.58. The molecule has 1 aliphatic heterocycles. The Hall–Kier alpha value is -0.910. The molecular weight excluding hydrogens is 264 g/mol. The standard InChI is InChI=1S/C13H22N2O3S/c1-2-4-11-15(10(8-19-11)12(16)17)13(18)14-7-9-5-3-6-9/h9-11H,2-8H2,1H3,(H,14,18)(H,16,17).